The third-order valence-corrected chi connectivity index (χ3v) is 4.55. The summed E-state index contributed by atoms with van der Waals surface area (Å²) >= 11 is 0. The number of ether oxygens (including phenoxy) is 1. The molecule has 1 atom stereocenters. The first-order valence-corrected chi connectivity index (χ1v) is 8.05. The van der Waals surface area contributed by atoms with Gasteiger partial charge in [-0.05, 0) is 37.1 Å². The molecule has 0 radical (unpaired) electrons. The van der Waals surface area contributed by atoms with Crippen molar-refractivity contribution in [3.8, 4) is 0 Å². The van der Waals surface area contributed by atoms with Crippen LogP contribution in [0.4, 0.5) is 10.5 Å². The molecule has 2 fully saturated rings. The molecule has 3 amide bonds. The number of amides is 3. The maximum atomic E-state index is 12.3. The Morgan fingerprint density at radius 3 is 2.65 bits per heavy atom. The maximum absolute atomic E-state index is 12.3. The molecular formula is C17H23N3O3. The smallest absolute Gasteiger partial charge is 0.317 e. The number of hydrogen-bond donors (Lipinski definition) is 1. The molecule has 0 aromatic heterocycles. The normalized spacial score (nSPS) is 21.7. The molecule has 1 unspecified atom stereocenters. The Morgan fingerprint density at radius 2 is 1.96 bits per heavy atom. The third kappa shape index (κ3) is 3.47. The Morgan fingerprint density at radius 1 is 1.22 bits per heavy atom. The first-order chi connectivity index (χ1) is 11.0. The van der Waals surface area contributed by atoms with Gasteiger partial charge in [0.05, 0.1) is 19.3 Å². The minimum Gasteiger partial charge on any atom is -0.378 e. The standard InChI is InChI=1S/C17H23N3O3/c1-12-3-4-15(9-13(12)2)20-11-14(10-16(20)21)18-17(22)19-5-7-23-8-6-19/h3-4,9,14H,5-8,10-11H2,1-2H3,(H,18,22). The number of rotatable bonds is 2. The first kappa shape index (κ1) is 15.8. The second kappa shape index (κ2) is 6.58. The monoisotopic (exact) mass is 317 g/mol. The van der Waals surface area contributed by atoms with E-state index in [0.29, 0.717) is 39.3 Å². The molecule has 3 rings (SSSR count). The second-order valence-corrected chi connectivity index (χ2v) is 6.22. The van der Waals surface area contributed by atoms with E-state index < -0.39 is 0 Å². The van der Waals surface area contributed by atoms with Crippen molar-refractivity contribution in [1.29, 1.82) is 0 Å². The Balaban J connectivity index is 1.62. The Bertz CT molecular complexity index is 611. The summed E-state index contributed by atoms with van der Waals surface area (Å²) in [7, 11) is 0. The zero-order valence-electron chi connectivity index (χ0n) is 13.7. The molecule has 23 heavy (non-hydrogen) atoms. The third-order valence-electron chi connectivity index (χ3n) is 4.55. The molecule has 2 heterocycles. The molecule has 2 saturated heterocycles. The average molecular weight is 317 g/mol. The van der Waals surface area contributed by atoms with Crippen molar-refractivity contribution in [3.05, 3.63) is 29.3 Å². The summed E-state index contributed by atoms with van der Waals surface area (Å²) < 4.78 is 5.25. The van der Waals surface area contributed by atoms with E-state index in [0.717, 1.165) is 11.3 Å². The molecule has 0 bridgehead atoms. The fourth-order valence-corrected chi connectivity index (χ4v) is 2.98. The molecule has 1 N–H and O–H groups in total. The summed E-state index contributed by atoms with van der Waals surface area (Å²) in [5.74, 6) is 0.0560. The highest BCUT2D eigenvalue weighted by atomic mass is 16.5. The van der Waals surface area contributed by atoms with E-state index in [1.54, 1.807) is 9.80 Å². The summed E-state index contributed by atoms with van der Waals surface area (Å²) in [4.78, 5) is 28.0. The number of hydrogen-bond acceptors (Lipinski definition) is 3. The van der Waals surface area contributed by atoms with Crippen molar-refractivity contribution in [2.24, 2.45) is 0 Å². The van der Waals surface area contributed by atoms with Gasteiger partial charge in [-0.15, -0.1) is 0 Å². The Kier molecular flexibility index (Phi) is 4.52. The number of carbonyl (C=O) groups excluding carboxylic acids is 2. The van der Waals surface area contributed by atoms with Crippen LogP contribution in [0.15, 0.2) is 18.2 Å². The number of anilines is 1. The molecule has 0 spiro atoms. The summed E-state index contributed by atoms with van der Waals surface area (Å²) in [6, 6.07) is 5.77. The quantitative estimate of drug-likeness (QED) is 0.898. The fraction of sp³-hybridized carbons (Fsp3) is 0.529. The van der Waals surface area contributed by atoms with Gasteiger partial charge in [0, 0.05) is 31.7 Å². The lowest BCUT2D eigenvalue weighted by atomic mass is 10.1. The lowest BCUT2D eigenvalue weighted by molar-refractivity contribution is -0.117. The maximum Gasteiger partial charge on any atom is 0.317 e. The molecule has 6 heteroatoms. The zero-order valence-corrected chi connectivity index (χ0v) is 13.7. The summed E-state index contributed by atoms with van der Waals surface area (Å²) in [6.45, 7) is 6.98. The van der Waals surface area contributed by atoms with Crippen LogP contribution in [-0.2, 0) is 9.53 Å². The van der Waals surface area contributed by atoms with Gasteiger partial charge in [-0.3, -0.25) is 4.79 Å². The first-order valence-electron chi connectivity index (χ1n) is 8.05. The predicted octanol–water partition coefficient (Wildman–Crippen LogP) is 1.45. The van der Waals surface area contributed by atoms with Crippen LogP contribution >= 0.6 is 0 Å². The Labute approximate surface area is 136 Å². The predicted molar refractivity (Wildman–Crippen MR) is 87.6 cm³/mol. The highest BCUT2D eigenvalue weighted by molar-refractivity contribution is 5.96. The van der Waals surface area contributed by atoms with Crippen LogP contribution in [0.3, 0.4) is 0 Å². The van der Waals surface area contributed by atoms with E-state index in [1.165, 1.54) is 5.56 Å². The van der Waals surface area contributed by atoms with Gasteiger partial charge in [-0.2, -0.15) is 0 Å². The van der Waals surface area contributed by atoms with Crippen molar-refractivity contribution in [3.63, 3.8) is 0 Å². The second-order valence-electron chi connectivity index (χ2n) is 6.22. The van der Waals surface area contributed by atoms with Crippen molar-refractivity contribution in [2.75, 3.05) is 37.7 Å². The van der Waals surface area contributed by atoms with E-state index in [9.17, 15) is 9.59 Å². The van der Waals surface area contributed by atoms with Crippen LogP contribution in [0.2, 0.25) is 0 Å². The number of nitrogens with zero attached hydrogens (tertiary/aromatic N) is 2. The van der Waals surface area contributed by atoms with Crippen LogP contribution in [0.1, 0.15) is 17.5 Å². The van der Waals surface area contributed by atoms with E-state index in [1.807, 2.05) is 25.1 Å². The van der Waals surface area contributed by atoms with Gasteiger partial charge >= 0.3 is 6.03 Å². The molecule has 124 valence electrons. The van der Waals surface area contributed by atoms with Crippen molar-refractivity contribution < 1.29 is 14.3 Å². The van der Waals surface area contributed by atoms with Gasteiger partial charge in [0.1, 0.15) is 0 Å². The summed E-state index contributed by atoms with van der Waals surface area (Å²) in [5.41, 5.74) is 3.27. The number of urea groups is 1. The van der Waals surface area contributed by atoms with E-state index in [2.05, 4.69) is 12.2 Å². The van der Waals surface area contributed by atoms with Gasteiger partial charge in [-0.1, -0.05) is 6.07 Å². The van der Waals surface area contributed by atoms with Crippen LogP contribution < -0.4 is 10.2 Å². The van der Waals surface area contributed by atoms with E-state index in [4.69, 9.17) is 4.74 Å². The molecule has 0 aliphatic carbocycles. The lowest BCUT2D eigenvalue weighted by Gasteiger charge is -2.28. The average Bonchev–Trinajstić information content (AvgIpc) is 2.91. The zero-order chi connectivity index (χ0) is 16.4. The van der Waals surface area contributed by atoms with E-state index >= 15 is 0 Å². The van der Waals surface area contributed by atoms with Crippen LogP contribution in [0, 0.1) is 13.8 Å². The van der Waals surface area contributed by atoms with Crippen LogP contribution in [-0.4, -0.2) is 55.7 Å². The minimum absolute atomic E-state index is 0.0560. The minimum atomic E-state index is -0.139. The van der Waals surface area contributed by atoms with Gasteiger partial charge < -0.3 is 19.9 Å². The largest absolute Gasteiger partial charge is 0.378 e. The number of nitrogens with one attached hydrogen (secondary N) is 1. The van der Waals surface area contributed by atoms with Crippen molar-refractivity contribution >= 4 is 17.6 Å². The van der Waals surface area contributed by atoms with Gasteiger partial charge in [0.2, 0.25) is 5.91 Å². The van der Waals surface area contributed by atoms with Gasteiger partial charge in [0.25, 0.3) is 0 Å². The molecular weight excluding hydrogens is 294 g/mol. The number of carbonyl (C=O) groups is 2. The Hall–Kier alpha value is -2.08. The lowest BCUT2D eigenvalue weighted by Crippen LogP contribution is -2.49. The van der Waals surface area contributed by atoms with Gasteiger partial charge in [0.15, 0.2) is 0 Å². The van der Waals surface area contributed by atoms with Crippen molar-refractivity contribution in [2.45, 2.75) is 26.3 Å². The topological polar surface area (TPSA) is 61.9 Å². The molecule has 0 saturated carbocycles. The molecule has 6 nitrogen and oxygen atoms in total. The SMILES string of the molecule is Cc1ccc(N2CC(NC(=O)N3CCOCC3)CC2=O)cc1C. The van der Waals surface area contributed by atoms with Crippen LogP contribution in [0.5, 0.6) is 0 Å². The number of aryl methyl sites for hydroxylation is 2. The number of morpholine rings is 1. The molecule has 1 aromatic carbocycles. The highest BCUT2D eigenvalue weighted by Crippen LogP contribution is 2.24. The van der Waals surface area contributed by atoms with Crippen LogP contribution in [0.25, 0.3) is 0 Å². The fourth-order valence-electron chi connectivity index (χ4n) is 2.98. The highest BCUT2D eigenvalue weighted by Gasteiger charge is 2.32. The molecule has 2 aliphatic heterocycles. The van der Waals surface area contributed by atoms with Gasteiger partial charge in [-0.25, -0.2) is 4.79 Å². The summed E-state index contributed by atoms with van der Waals surface area (Å²) in [5, 5.41) is 2.97. The number of benzene rings is 1. The van der Waals surface area contributed by atoms with E-state index in [-0.39, 0.29) is 18.0 Å². The molecule has 2 aliphatic rings. The molecule has 1 aromatic rings. The summed E-state index contributed by atoms with van der Waals surface area (Å²) in [6.07, 6.45) is 0.350. The van der Waals surface area contributed by atoms with Crippen molar-refractivity contribution in [1.82, 2.24) is 10.2 Å².